The van der Waals surface area contributed by atoms with Crippen molar-refractivity contribution in [2.24, 2.45) is 7.05 Å². The van der Waals surface area contributed by atoms with Crippen LogP contribution in [-0.2, 0) is 11.8 Å². The van der Waals surface area contributed by atoms with Crippen molar-refractivity contribution in [3.05, 3.63) is 30.5 Å². The van der Waals surface area contributed by atoms with Gasteiger partial charge in [-0.1, -0.05) is 0 Å². The Morgan fingerprint density at radius 2 is 2.05 bits per heavy atom. The van der Waals surface area contributed by atoms with Gasteiger partial charge in [-0.25, -0.2) is 0 Å². The lowest BCUT2D eigenvalue weighted by molar-refractivity contribution is 0.0378. The Morgan fingerprint density at radius 1 is 1.20 bits per heavy atom. The molecule has 0 amide bonds. The summed E-state index contributed by atoms with van der Waals surface area (Å²) in [6.07, 6.45) is 3.28. The quantitative estimate of drug-likeness (QED) is 0.848. The van der Waals surface area contributed by atoms with Gasteiger partial charge in [-0.05, 0) is 37.2 Å². The minimum Gasteiger partial charge on any atom is -0.385 e. The number of ether oxygens (including phenoxy) is 1. The Morgan fingerprint density at radius 3 is 2.90 bits per heavy atom. The molecule has 1 aliphatic heterocycles. The molecule has 0 saturated carbocycles. The Hall–Kier alpha value is -1.52. The van der Waals surface area contributed by atoms with Crippen LogP contribution in [0.3, 0.4) is 0 Å². The van der Waals surface area contributed by atoms with Crippen LogP contribution in [0.25, 0.3) is 10.9 Å². The van der Waals surface area contributed by atoms with Crippen molar-refractivity contribution in [2.75, 3.05) is 44.7 Å². The van der Waals surface area contributed by atoms with E-state index < -0.39 is 0 Å². The van der Waals surface area contributed by atoms with Gasteiger partial charge in [-0.15, -0.1) is 0 Å². The Kier molecular flexibility index (Phi) is 4.23. The third-order valence-electron chi connectivity index (χ3n) is 3.97. The number of anilines is 1. The fourth-order valence-electron chi connectivity index (χ4n) is 2.75. The summed E-state index contributed by atoms with van der Waals surface area (Å²) in [7, 11) is 2.08. The summed E-state index contributed by atoms with van der Waals surface area (Å²) in [4.78, 5) is 2.48. The number of hydrogen-bond acceptors (Lipinski definition) is 3. The second-order valence-corrected chi connectivity index (χ2v) is 5.43. The minimum absolute atomic E-state index is 0.887. The Labute approximate surface area is 120 Å². The standard InChI is InChI=1S/C16H23N3O/c1-18-8-5-14-13-15(3-4-16(14)18)17-6-2-7-19-9-11-20-12-10-19/h3-5,8,13,17H,2,6-7,9-12H2,1H3. The molecular formula is C16H23N3O. The van der Waals surface area contributed by atoms with Gasteiger partial charge in [0.2, 0.25) is 0 Å². The lowest BCUT2D eigenvalue weighted by Crippen LogP contribution is -2.37. The van der Waals surface area contributed by atoms with E-state index >= 15 is 0 Å². The molecule has 3 rings (SSSR count). The van der Waals surface area contributed by atoms with Crippen LogP contribution in [0.5, 0.6) is 0 Å². The van der Waals surface area contributed by atoms with Gasteiger partial charge >= 0.3 is 0 Å². The van der Waals surface area contributed by atoms with Crippen LogP contribution in [0.15, 0.2) is 30.5 Å². The number of benzene rings is 1. The largest absolute Gasteiger partial charge is 0.385 e. The van der Waals surface area contributed by atoms with E-state index in [9.17, 15) is 0 Å². The minimum atomic E-state index is 0.887. The van der Waals surface area contributed by atoms with E-state index in [0.717, 1.165) is 39.4 Å². The average molecular weight is 273 g/mol. The lowest BCUT2D eigenvalue weighted by atomic mass is 10.2. The fourth-order valence-corrected chi connectivity index (χ4v) is 2.75. The van der Waals surface area contributed by atoms with Crippen molar-refractivity contribution in [3.8, 4) is 0 Å². The van der Waals surface area contributed by atoms with Crippen molar-refractivity contribution in [1.82, 2.24) is 9.47 Å². The first-order chi connectivity index (χ1) is 9.83. The predicted octanol–water partition coefficient (Wildman–Crippen LogP) is 2.31. The first-order valence-electron chi connectivity index (χ1n) is 7.42. The summed E-state index contributed by atoms with van der Waals surface area (Å²) in [5.41, 5.74) is 2.49. The van der Waals surface area contributed by atoms with E-state index in [4.69, 9.17) is 4.74 Å². The summed E-state index contributed by atoms with van der Waals surface area (Å²) >= 11 is 0. The highest BCUT2D eigenvalue weighted by atomic mass is 16.5. The molecule has 4 heteroatoms. The van der Waals surface area contributed by atoms with Crippen LogP contribution in [0.4, 0.5) is 5.69 Å². The van der Waals surface area contributed by atoms with E-state index in [1.54, 1.807) is 0 Å². The molecule has 1 aromatic heterocycles. The van der Waals surface area contributed by atoms with E-state index in [1.165, 1.54) is 23.0 Å². The highest BCUT2D eigenvalue weighted by Crippen LogP contribution is 2.19. The summed E-state index contributed by atoms with van der Waals surface area (Å²) < 4.78 is 7.51. The molecule has 0 radical (unpaired) electrons. The van der Waals surface area contributed by atoms with E-state index in [-0.39, 0.29) is 0 Å². The molecule has 1 N–H and O–H groups in total. The number of nitrogens with zero attached hydrogens (tertiary/aromatic N) is 2. The molecule has 4 nitrogen and oxygen atoms in total. The molecule has 0 unspecified atom stereocenters. The fraction of sp³-hybridized carbons (Fsp3) is 0.500. The second-order valence-electron chi connectivity index (χ2n) is 5.43. The predicted molar refractivity (Wildman–Crippen MR) is 83.3 cm³/mol. The smallest absolute Gasteiger partial charge is 0.0594 e. The third kappa shape index (κ3) is 3.14. The molecule has 1 aromatic carbocycles. The summed E-state index contributed by atoms with van der Waals surface area (Å²) in [6, 6.07) is 8.73. The van der Waals surface area contributed by atoms with Crippen LogP contribution in [0, 0.1) is 0 Å². The van der Waals surface area contributed by atoms with Crippen LogP contribution in [0.2, 0.25) is 0 Å². The molecule has 20 heavy (non-hydrogen) atoms. The molecule has 108 valence electrons. The van der Waals surface area contributed by atoms with Crippen molar-refractivity contribution in [1.29, 1.82) is 0 Å². The van der Waals surface area contributed by atoms with Crippen LogP contribution < -0.4 is 5.32 Å². The zero-order valence-electron chi connectivity index (χ0n) is 12.1. The van der Waals surface area contributed by atoms with E-state index in [0.29, 0.717) is 0 Å². The van der Waals surface area contributed by atoms with Crippen molar-refractivity contribution < 1.29 is 4.74 Å². The van der Waals surface area contributed by atoms with E-state index in [1.807, 2.05) is 0 Å². The summed E-state index contributed by atoms with van der Waals surface area (Å²) in [6.45, 7) is 6.11. The highest BCUT2D eigenvalue weighted by Gasteiger charge is 2.09. The number of morpholine rings is 1. The molecule has 2 aromatic rings. The molecular weight excluding hydrogens is 250 g/mol. The monoisotopic (exact) mass is 273 g/mol. The van der Waals surface area contributed by atoms with Gasteiger partial charge in [0.1, 0.15) is 0 Å². The SMILES string of the molecule is Cn1ccc2cc(NCCCN3CCOCC3)ccc21. The number of fused-ring (bicyclic) bond motifs is 1. The number of aromatic nitrogens is 1. The molecule has 0 spiro atoms. The molecule has 0 aliphatic carbocycles. The number of rotatable bonds is 5. The highest BCUT2D eigenvalue weighted by molar-refractivity contribution is 5.83. The van der Waals surface area contributed by atoms with Gasteiger partial charge < -0.3 is 14.6 Å². The number of hydrogen-bond donors (Lipinski definition) is 1. The third-order valence-corrected chi connectivity index (χ3v) is 3.97. The topological polar surface area (TPSA) is 29.4 Å². The lowest BCUT2D eigenvalue weighted by Gasteiger charge is -2.26. The van der Waals surface area contributed by atoms with Crippen LogP contribution >= 0.6 is 0 Å². The van der Waals surface area contributed by atoms with Crippen LogP contribution in [0.1, 0.15) is 6.42 Å². The van der Waals surface area contributed by atoms with Gasteiger partial charge in [0.15, 0.2) is 0 Å². The number of nitrogens with one attached hydrogen (secondary N) is 1. The van der Waals surface area contributed by atoms with Crippen LogP contribution in [-0.4, -0.2) is 48.9 Å². The molecule has 1 fully saturated rings. The van der Waals surface area contributed by atoms with Gasteiger partial charge in [0, 0.05) is 49.5 Å². The zero-order valence-corrected chi connectivity index (χ0v) is 12.1. The molecule has 0 atom stereocenters. The Balaban J connectivity index is 1.47. The molecule has 2 heterocycles. The molecule has 0 bridgehead atoms. The van der Waals surface area contributed by atoms with Gasteiger partial charge in [-0.2, -0.15) is 0 Å². The molecule has 1 aliphatic rings. The maximum absolute atomic E-state index is 5.36. The van der Waals surface area contributed by atoms with Crippen molar-refractivity contribution >= 4 is 16.6 Å². The van der Waals surface area contributed by atoms with E-state index in [2.05, 4.69) is 52.3 Å². The zero-order chi connectivity index (χ0) is 13.8. The van der Waals surface area contributed by atoms with Gasteiger partial charge in [0.05, 0.1) is 13.2 Å². The summed E-state index contributed by atoms with van der Waals surface area (Å²) in [5.74, 6) is 0. The molecule has 1 saturated heterocycles. The van der Waals surface area contributed by atoms with Crippen molar-refractivity contribution in [3.63, 3.8) is 0 Å². The first-order valence-corrected chi connectivity index (χ1v) is 7.42. The number of aryl methyl sites for hydroxylation is 1. The average Bonchev–Trinajstić information content (AvgIpc) is 2.86. The maximum Gasteiger partial charge on any atom is 0.0594 e. The Bertz CT molecular complexity index is 558. The van der Waals surface area contributed by atoms with Gasteiger partial charge in [0.25, 0.3) is 0 Å². The normalized spacial score (nSPS) is 16.6. The van der Waals surface area contributed by atoms with Gasteiger partial charge in [-0.3, -0.25) is 4.90 Å². The summed E-state index contributed by atoms with van der Waals surface area (Å²) in [5, 5.41) is 4.82. The first kappa shape index (κ1) is 13.5. The maximum atomic E-state index is 5.36. The van der Waals surface area contributed by atoms with Crippen molar-refractivity contribution in [2.45, 2.75) is 6.42 Å². The second kappa shape index (κ2) is 6.29.